The second-order valence-corrected chi connectivity index (χ2v) is 5.48. The van der Waals surface area contributed by atoms with E-state index in [4.69, 9.17) is 14.7 Å². The third kappa shape index (κ3) is 3.84. The second-order valence-electron chi connectivity index (χ2n) is 5.48. The average molecular weight is 328 g/mol. The van der Waals surface area contributed by atoms with Gasteiger partial charge in [0.15, 0.2) is 17.6 Å². The number of nitriles is 1. The molecule has 0 saturated carbocycles. The van der Waals surface area contributed by atoms with Crippen LogP contribution in [0.3, 0.4) is 0 Å². The molecule has 1 aromatic heterocycles. The lowest BCUT2D eigenvalue weighted by Crippen LogP contribution is -2.31. The highest BCUT2D eigenvalue weighted by molar-refractivity contribution is 5.93. The summed E-state index contributed by atoms with van der Waals surface area (Å²) in [5.41, 5.74) is 0.456. The number of rotatable bonds is 6. The number of aromatic nitrogens is 2. The van der Waals surface area contributed by atoms with Gasteiger partial charge in [0.1, 0.15) is 5.82 Å². The fourth-order valence-corrected chi connectivity index (χ4v) is 2.13. The van der Waals surface area contributed by atoms with Crippen LogP contribution in [0.2, 0.25) is 0 Å². The van der Waals surface area contributed by atoms with Crippen LogP contribution in [0.5, 0.6) is 11.5 Å². The Bertz CT molecular complexity index is 761. The summed E-state index contributed by atoms with van der Waals surface area (Å²) >= 11 is 0. The van der Waals surface area contributed by atoms with Gasteiger partial charge in [-0.05, 0) is 32.9 Å². The molecule has 1 N–H and O–H groups in total. The Balaban J connectivity index is 2.09. The fraction of sp³-hybridized carbons (Fsp3) is 0.353. The molecule has 0 saturated heterocycles. The Morgan fingerprint density at radius 3 is 2.67 bits per heavy atom. The molecule has 126 valence electrons. The van der Waals surface area contributed by atoms with Gasteiger partial charge in [-0.1, -0.05) is 0 Å². The van der Waals surface area contributed by atoms with Crippen molar-refractivity contribution >= 4 is 11.7 Å². The third-order valence-electron chi connectivity index (χ3n) is 3.38. The van der Waals surface area contributed by atoms with E-state index in [-0.39, 0.29) is 11.9 Å². The fourth-order valence-electron chi connectivity index (χ4n) is 2.13. The van der Waals surface area contributed by atoms with Crippen LogP contribution in [0, 0.1) is 11.3 Å². The maximum atomic E-state index is 12.3. The molecule has 1 atom stereocenters. The summed E-state index contributed by atoms with van der Waals surface area (Å²) in [4.78, 5) is 12.3. The van der Waals surface area contributed by atoms with Gasteiger partial charge in [-0.25, -0.2) is 4.68 Å². The summed E-state index contributed by atoms with van der Waals surface area (Å²) in [6.07, 6.45) is 0.882. The predicted octanol–water partition coefficient (Wildman–Crippen LogP) is 2.75. The van der Waals surface area contributed by atoms with Crippen molar-refractivity contribution < 1.29 is 14.3 Å². The molecule has 24 heavy (non-hydrogen) atoms. The first-order valence-corrected chi connectivity index (χ1v) is 7.55. The number of ether oxygens (including phenoxy) is 2. The maximum Gasteiger partial charge on any atom is 0.266 e. The van der Waals surface area contributed by atoms with Gasteiger partial charge < -0.3 is 14.8 Å². The molecule has 1 aromatic carbocycles. The number of carbonyl (C=O) groups excluding carboxylic acids is 1. The lowest BCUT2D eigenvalue weighted by atomic mass is 10.2. The van der Waals surface area contributed by atoms with Gasteiger partial charge >= 0.3 is 0 Å². The molecule has 0 aliphatic rings. The van der Waals surface area contributed by atoms with E-state index in [1.807, 2.05) is 19.9 Å². The number of anilines is 1. The molecule has 1 amide bonds. The normalized spacial score (nSPS) is 11.7. The lowest BCUT2D eigenvalue weighted by molar-refractivity contribution is -0.122. The molecule has 7 nitrogen and oxygen atoms in total. The van der Waals surface area contributed by atoms with E-state index >= 15 is 0 Å². The van der Waals surface area contributed by atoms with E-state index < -0.39 is 6.10 Å². The lowest BCUT2D eigenvalue weighted by Gasteiger charge is -2.18. The number of nitrogens with one attached hydrogen (secondary N) is 1. The van der Waals surface area contributed by atoms with Crippen LogP contribution in [0.1, 0.15) is 32.4 Å². The highest BCUT2D eigenvalue weighted by Gasteiger charge is 2.19. The second kappa shape index (κ2) is 7.51. The molecule has 0 aliphatic carbocycles. The zero-order chi connectivity index (χ0) is 17.7. The van der Waals surface area contributed by atoms with E-state index in [0.717, 1.165) is 0 Å². The zero-order valence-electron chi connectivity index (χ0n) is 14.1. The Morgan fingerprint density at radius 1 is 1.29 bits per heavy atom. The summed E-state index contributed by atoms with van der Waals surface area (Å²) in [5, 5.41) is 15.9. The van der Waals surface area contributed by atoms with Crippen molar-refractivity contribution in [2.45, 2.75) is 32.9 Å². The number of nitrogens with zero attached hydrogens (tertiary/aromatic N) is 3. The van der Waals surface area contributed by atoms with Crippen molar-refractivity contribution in [2.24, 2.45) is 0 Å². The number of carbonyl (C=O) groups is 1. The molecular formula is C17H20N4O3. The van der Waals surface area contributed by atoms with Gasteiger partial charge in [-0.2, -0.15) is 10.4 Å². The molecule has 2 aromatic rings. The predicted molar refractivity (Wildman–Crippen MR) is 89.0 cm³/mol. The van der Waals surface area contributed by atoms with Crippen LogP contribution in [-0.4, -0.2) is 28.9 Å². The zero-order valence-corrected chi connectivity index (χ0v) is 14.1. The smallest absolute Gasteiger partial charge is 0.266 e. The Kier molecular flexibility index (Phi) is 5.42. The first kappa shape index (κ1) is 17.3. The van der Waals surface area contributed by atoms with Crippen molar-refractivity contribution in [3.05, 3.63) is 36.0 Å². The van der Waals surface area contributed by atoms with Crippen molar-refractivity contribution in [1.29, 1.82) is 5.26 Å². The number of benzene rings is 1. The standard InChI is InChI=1S/C17H20N4O3/c1-11(2)21-16(7-8-19-21)20-17(22)12(3)24-14-6-5-13(10-18)9-15(14)23-4/h5-9,11-12H,1-4H3,(H,20,22)/t12-/m0/s1. The SMILES string of the molecule is COc1cc(C#N)ccc1O[C@@H](C)C(=O)Nc1ccnn1C(C)C. The summed E-state index contributed by atoms with van der Waals surface area (Å²) in [7, 11) is 1.48. The molecule has 0 fully saturated rings. The Labute approximate surface area is 140 Å². The van der Waals surface area contributed by atoms with E-state index in [1.54, 1.807) is 42.1 Å². The minimum absolute atomic E-state index is 0.130. The van der Waals surface area contributed by atoms with Gasteiger partial charge in [0.25, 0.3) is 5.91 Å². The first-order valence-electron chi connectivity index (χ1n) is 7.55. The van der Waals surface area contributed by atoms with E-state index in [9.17, 15) is 4.79 Å². The van der Waals surface area contributed by atoms with Gasteiger partial charge in [0, 0.05) is 18.2 Å². The third-order valence-corrected chi connectivity index (χ3v) is 3.38. The van der Waals surface area contributed by atoms with Crippen molar-refractivity contribution in [1.82, 2.24) is 9.78 Å². The highest BCUT2D eigenvalue weighted by atomic mass is 16.5. The molecule has 0 radical (unpaired) electrons. The van der Waals surface area contributed by atoms with Crippen LogP contribution in [-0.2, 0) is 4.79 Å². The van der Waals surface area contributed by atoms with Crippen LogP contribution in [0.25, 0.3) is 0 Å². The maximum absolute atomic E-state index is 12.3. The summed E-state index contributed by atoms with van der Waals surface area (Å²) in [5.74, 6) is 1.11. The highest BCUT2D eigenvalue weighted by Crippen LogP contribution is 2.29. The molecule has 0 unspecified atom stereocenters. The van der Waals surface area contributed by atoms with Gasteiger partial charge in [0.05, 0.1) is 24.9 Å². The van der Waals surface area contributed by atoms with E-state index in [2.05, 4.69) is 10.4 Å². The van der Waals surface area contributed by atoms with Crippen molar-refractivity contribution in [3.63, 3.8) is 0 Å². The van der Waals surface area contributed by atoms with Gasteiger partial charge in [0.2, 0.25) is 0 Å². The Hall–Kier alpha value is -3.01. The van der Waals surface area contributed by atoms with Gasteiger partial charge in [-0.15, -0.1) is 0 Å². The van der Waals surface area contributed by atoms with Crippen LogP contribution >= 0.6 is 0 Å². The molecule has 2 rings (SSSR count). The topological polar surface area (TPSA) is 89.2 Å². The van der Waals surface area contributed by atoms with E-state index in [1.165, 1.54) is 7.11 Å². The number of hydrogen-bond donors (Lipinski definition) is 1. The number of methoxy groups -OCH3 is 1. The number of amides is 1. The van der Waals surface area contributed by atoms with Crippen molar-refractivity contribution in [3.8, 4) is 17.6 Å². The monoisotopic (exact) mass is 328 g/mol. The quantitative estimate of drug-likeness (QED) is 0.880. The molecule has 0 aliphatic heterocycles. The first-order chi connectivity index (χ1) is 11.5. The van der Waals surface area contributed by atoms with Crippen LogP contribution in [0.4, 0.5) is 5.82 Å². The molecule has 1 heterocycles. The minimum atomic E-state index is -0.748. The molecule has 7 heteroatoms. The molecule has 0 spiro atoms. The summed E-state index contributed by atoms with van der Waals surface area (Å²) in [6, 6.07) is 8.67. The van der Waals surface area contributed by atoms with E-state index in [0.29, 0.717) is 22.9 Å². The number of hydrogen-bond acceptors (Lipinski definition) is 5. The Morgan fingerprint density at radius 2 is 2.04 bits per heavy atom. The average Bonchev–Trinajstić information content (AvgIpc) is 3.03. The largest absolute Gasteiger partial charge is 0.493 e. The summed E-state index contributed by atoms with van der Waals surface area (Å²) < 4.78 is 12.6. The van der Waals surface area contributed by atoms with Crippen LogP contribution in [0.15, 0.2) is 30.5 Å². The summed E-state index contributed by atoms with van der Waals surface area (Å²) in [6.45, 7) is 5.59. The van der Waals surface area contributed by atoms with Gasteiger partial charge in [-0.3, -0.25) is 4.79 Å². The molecule has 0 bridgehead atoms. The minimum Gasteiger partial charge on any atom is -0.493 e. The van der Waals surface area contributed by atoms with Crippen molar-refractivity contribution in [2.75, 3.05) is 12.4 Å². The van der Waals surface area contributed by atoms with Crippen LogP contribution < -0.4 is 14.8 Å². The molecular weight excluding hydrogens is 308 g/mol.